The summed E-state index contributed by atoms with van der Waals surface area (Å²) in [4.78, 5) is 12.3. The van der Waals surface area contributed by atoms with Gasteiger partial charge in [0, 0.05) is 22.1 Å². The number of carbonyl (C=O) groups is 1. The molecule has 110 valence electrons. The Morgan fingerprint density at radius 1 is 1.48 bits per heavy atom. The Hall–Kier alpha value is -1.15. The number of carbonyl (C=O) groups excluding carboxylic acids is 1. The van der Waals surface area contributed by atoms with E-state index in [2.05, 4.69) is 42.7 Å². The number of hydrogen-bond acceptors (Lipinski definition) is 3. The first-order chi connectivity index (χ1) is 10.1. The fourth-order valence-corrected chi connectivity index (χ4v) is 2.99. The van der Waals surface area contributed by atoms with Crippen molar-refractivity contribution in [3.05, 3.63) is 44.0 Å². The highest BCUT2D eigenvalue weighted by atomic mass is 127. The molecule has 1 unspecified atom stereocenters. The van der Waals surface area contributed by atoms with Gasteiger partial charge < -0.3 is 9.88 Å². The second kappa shape index (κ2) is 5.92. The summed E-state index contributed by atoms with van der Waals surface area (Å²) in [6.45, 7) is 2.84. The molecule has 1 atom stereocenters. The molecule has 1 aromatic carbocycles. The average molecular weight is 417 g/mol. The molecule has 21 heavy (non-hydrogen) atoms. The number of amides is 1. The molecule has 5 nitrogen and oxygen atoms in total. The van der Waals surface area contributed by atoms with Crippen LogP contribution >= 0.6 is 34.2 Å². The van der Waals surface area contributed by atoms with Crippen molar-refractivity contribution < 1.29 is 4.79 Å². The van der Waals surface area contributed by atoms with Gasteiger partial charge in [0.1, 0.15) is 5.82 Å². The Morgan fingerprint density at radius 3 is 3.05 bits per heavy atom. The van der Waals surface area contributed by atoms with Gasteiger partial charge in [-0.25, -0.2) is 0 Å². The van der Waals surface area contributed by atoms with E-state index in [-0.39, 0.29) is 11.9 Å². The Morgan fingerprint density at radius 2 is 2.29 bits per heavy atom. The molecule has 0 aliphatic carbocycles. The predicted molar refractivity (Wildman–Crippen MR) is 88.4 cm³/mol. The molecule has 0 bridgehead atoms. The van der Waals surface area contributed by atoms with Gasteiger partial charge in [0.2, 0.25) is 0 Å². The maximum atomic E-state index is 12.3. The van der Waals surface area contributed by atoms with E-state index in [1.54, 1.807) is 12.1 Å². The van der Waals surface area contributed by atoms with Gasteiger partial charge >= 0.3 is 0 Å². The van der Waals surface area contributed by atoms with Crippen LogP contribution in [0.2, 0.25) is 5.02 Å². The summed E-state index contributed by atoms with van der Waals surface area (Å²) in [6, 6.07) is 5.09. The summed E-state index contributed by atoms with van der Waals surface area (Å²) < 4.78 is 3.01. The van der Waals surface area contributed by atoms with Crippen LogP contribution in [0.1, 0.15) is 41.4 Å². The molecular weight excluding hydrogens is 403 g/mol. The van der Waals surface area contributed by atoms with Crippen LogP contribution in [-0.2, 0) is 13.0 Å². The van der Waals surface area contributed by atoms with E-state index in [1.165, 1.54) is 0 Å². The highest BCUT2D eigenvalue weighted by Crippen LogP contribution is 2.21. The van der Waals surface area contributed by atoms with Crippen LogP contribution in [0.4, 0.5) is 0 Å². The van der Waals surface area contributed by atoms with Crippen molar-refractivity contribution in [2.75, 3.05) is 0 Å². The number of halogens is 2. The lowest BCUT2D eigenvalue weighted by Gasteiger charge is -2.14. The van der Waals surface area contributed by atoms with E-state index in [0.29, 0.717) is 10.6 Å². The van der Waals surface area contributed by atoms with Gasteiger partial charge in [0.15, 0.2) is 5.82 Å². The molecule has 7 heteroatoms. The van der Waals surface area contributed by atoms with Gasteiger partial charge in [0.05, 0.1) is 11.1 Å². The van der Waals surface area contributed by atoms with Gasteiger partial charge in [-0.2, -0.15) is 0 Å². The normalized spacial score (nSPS) is 14.8. The molecule has 1 aliphatic rings. The van der Waals surface area contributed by atoms with Crippen molar-refractivity contribution in [2.24, 2.45) is 0 Å². The van der Waals surface area contributed by atoms with Crippen molar-refractivity contribution in [3.63, 3.8) is 0 Å². The third kappa shape index (κ3) is 2.91. The SMILES string of the molecule is CC(NC(=O)c1ccc(I)c(Cl)c1)c1nnc2n1CCC2. The van der Waals surface area contributed by atoms with E-state index in [9.17, 15) is 4.79 Å². The number of aromatic nitrogens is 3. The minimum absolute atomic E-state index is 0.156. The molecule has 0 spiro atoms. The average Bonchev–Trinajstić information content (AvgIpc) is 3.04. The van der Waals surface area contributed by atoms with Crippen molar-refractivity contribution in [1.29, 1.82) is 0 Å². The maximum absolute atomic E-state index is 12.3. The first-order valence-corrected chi connectivity index (χ1v) is 8.20. The summed E-state index contributed by atoms with van der Waals surface area (Å²) in [5, 5.41) is 11.9. The number of nitrogens with zero attached hydrogens (tertiary/aromatic N) is 3. The van der Waals surface area contributed by atoms with Gasteiger partial charge in [0.25, 0.3) is 5.91 Å². The van der Waals surface area contributed by atoms with Crippen LogP contribution in [0, 0.1) is 3.57 Å². The third-order valence-electron chi connectivity index (χ3n) is 3.55. The molecule has 0 saturated carbocycles. The van der Waals surface area contributed by atoms with E-state index >= 15 is 0 Å². The Bertz CT molecular complexity index is 700. The minimum Gasteiger partial charge on any atom is -0.342 e. The fourth-order valence-electron chi connectivity index (χ4n) is 2.48. The van der Waals surface area contributed by atoms with Gasteiger partial charge in [-0.05, 0) is 54.1 Å². The molecule has 3 rings (SSSR count). The number of aryl methyl sites for hydroxylation is 1. The zero-order valence-electron chi connectivity index (χ0n) is 11.4. The molecule has 1 amide bonds. The largest absolute Gasteiger partial charge is 0.342 e. The molecular formula is C14H14ClIN4O. The van der Waals surface area contributed by atoms with Crippen LogP contribution < -0.4 is 5.32 Å². The highest BCUT2D eigenvalue weighted by Gasteiger charge is 2.22. The molecule has 2 heterocycles. The zero-order chi connectivity index (χ0) is 15.0. The summed E-state index contributed by atoms with van der Waals surface area (Å²) >= 11 is 8.19. The Balaban J connectivity index is 1.76. The summed E-state index contributed by atoms with van der Waals surface area (Å²) in [5.74, 6) is 1.66. The summed E-state index contributed by atoms with van der Waals surface area (Å²) in [6.07, 6.45) is 2.05. The van der Waals surface area contributed by atoms with Crippen LogP contribution in [0.3, 0.4) is 0 Å². The van der Waals surface area contributed by atoms with Crippen LogP contribution in [0.15, 0.2) is 18.2 Å². The van der Waals surface area contributed by atoms with Gasteiger partial charge in [-0.3, -0.25) is 4.79 Å². The lowest BCUT2D eigenvalue weighted by atomic mass is 10.2. The second-order valence-corrected chi connectivity index (χ2v) is 6.62. The smallest absolute Gasteiger partial charge is 0.251 e. The van der Waals surface area contributed by atoms with Gasteiger partial charge in [-0.1, -0.05) is 11.6 Å². The monoisotopic (exact) mass is 416 g/mol. The molecule has 1 aromatic heterocycles. The Labute approximate surface area is 141 Å². The first-order valence-electron chi connectivity index (χ1n) is 6.74. The zero-order valence-corrected chi connectivity index (χ0v) is 14.3. The topological polar surface area (TPSA) is 59.8 Å². The minimum atomic E-state index is -0.185. The van der Waals surface area contributed by atoms with Crippen molar-refractivity contribution in [2.45, 2.75) is 32.4 Å². The molecule has 0 fully saturated rings. The van der Waals surface area contributed by atoms with Crippen molar-refractivity contribution in [1.82, 2.24) is 20.1 Å². The van der Waals surface area contributed by atoms with E-state index < -0.39 is 0 Å². The maximum Gasteiger partial charge on any atom is 0.251 e. The number of benzene rings is 1. The molecule has 2 aromatic rings. The standard InChI is InChI=1S/C14H14ClIN4O/c1-8(13-19-18-12-3-2-6-20(12)13)17-14(21)9-4-5-11(16)10(15)7-9/h4-5,7-8H,2-3,6H2,1H3,(H,17,21). The first kappa shape index (κ1) is 14.8. The quantitative estimate of drug-likeness (QED) is 0.783. The highest BCUT2D eigenvalue weighted by molar-refractivity contribution is 14.1. The number of rotatable bonds is 3. The van der Waals surface area contributed by atoms with Crippen molar-refractivity contribution in [3.8, 4) is 0 Å². The number of hydrogen-bond donors (Lipinski definition) is 1. The number of fused-ring (bicyclic) bond motifs is 1. The Kier molecular flexibility index (Phi) is 4.17. The van der Waals surface area contributed by atoms with Gasteiger partial charge in [-0.15, -0.1) is 10.2 Å². The predicted octanol–water partition coefficient (Wildman–Crippen LogP) is 2.97. The van der Waals surface area contributed by atoms with Crippen LogP contribution in [0.5, 0.6) is 0 Å². The molecule has 1 N–H and O–H groups in total. The fraction of sp³-hybridized carbons (Fsp3) is 0.357. The molecule has 0 radical (unpaired) electrons. The summed E-state index contributed by atoms with van der Waals surface area (Å²) in [7, 11) is 0. The lowest BCUT2D eigenvalue weighted by molar-refractivity contribution is 0.0937. The third-order valence-corrected chi connectivity index (χ3v) is 5.13. The molecule has 1 aliphatic heterocycles. The summed E-state index contributed by atoms with van der Waals surface area (Å²) in [5.41, 5.74) is 0.549. The van der Waals surface area contributed by atoms with E-state index in [4.69, 9.17) is 11.6 Å². The second-order valence-electron chi connectivity index (χ2n) is 5.05. The lowest BCUT2D eigenvalue weighted by Crippen LogP contribution is -2.28. The van der Waals surface area contributed by atoms with E-state index in [0.717, 1.165) is 34.6 Å². The number of nitrogens with one attached hydrogen (secondary N) is 1. The van der Waals surface area contributed by atoms with Crippen molar-refractivity contribution >= 4 is 40.1 Å². The van der Waals surface area contributed by atoms with E-state index in [1.807, 2.05) is 13.0 Å². The van der Waals surface area contributed by atoms with Crippen LogP contribution in [-0.4, -0.2) is 20.7 Å². The van der Waals surface area contributed by atoms with Crippen LogP contribution in [0.25, 0.3) is 0 Å². The molecule has 0 saturated heterocycles.